The number of amides is 1. The lowest BCUT2D eigenvalue weighted by molar-refractivity contribution is -0.137. The van der Waals surface area contributed by atoms with E-state index in [2.05, 4.69) is 20.3 Å². The number of furan rings is 1. The number of fused-ring (bicyclic) bond motifs is 1. The molecule has 3 N–H and O–H groups in total. The zero-order chi connectivity index (χ0) is 24.4. The lowest BCUT2D eigenvalue weighted by Crippen LogP contribution is -2.40. The molecule has 1 aromatic heterocycles. The first kappa shape index (κ1) is 24.2. The summed E-state index contributed by atoms with van der Waals surface area (Å²) in [6.07, 6.45) is 0. The molecule has 0 unspecified atom stereocenters. The third-order valence-corrected chi connectivity index (χ3v) is 5.92. The van der Waals surface area contributed by atoms with Gasteiger partial charge < -0.3 is 19.8 Å². The third-order valence-electron chi connectivity index (χ3n) is 4.29. The van der Waals surface area contributed by atoms with Gasteiger partial charge in [-0.3, -0.25) is 4.79 Å². The number of ether oxygens (including phenoxy) is 1. The summed E-state index contributed by atoms with van der Waals surface area (Å²) in [6.45, 7) is 8.50. The summed E-state index contributed by atoms with van der Waals surface area (Å²) in [7, 11) is -3.97. The summed E-state index contributed by atoms with van der Waals surface area (Å²) in [4.78, 5) is 30.0. The van der Waals surface area contributed by atoms with Gasteiger partial charge in [-0.25, -0.2) is 22.9 Å². The van der Waals surface area contributed by atoms with Gasteiger partial charge in [-0.2, -0.15) is 0 Å². The van der Waals surface area contributed by atoms with Gasteiger partial charge in [0.1, 0.15) is 11.4 Å². The molecule has 1 aromatic carbocycles. The molecule has 10 nitrogen and oxygen atoms in total. The second kappa shape index (κ2) is 9.20. The van der Waals surface area contributed by atoms with Gasteiger partial charge in [-0.1, -0.05) is 12.1 Å². The fourth-order valence-corrected chi connectivity index (χ4v) is 4.40. The first-order valence-electron chi connectivity index (χ1n) is 10.2. The summed E-state index contributed by atoms with van der Waals surface area (Å²) >= 11 is 0. The van der Waals surface area contributed by atoms with Gasteiger partial charge in [0, 0.05) is 11.2 Å². The van der Waals surface area contributed by atoms with Gasteiger partial charge in [-0.05, 0) is 58.9 Å². The Morgan fingerprint density at radius 1 is 1.15 bits per heavy atom. The van der Waals surface area contributed by atoms with Crippen LogP contribution in [0.5, 0.6) is 0 Å². The zero-order valence-corrected chi connectivity index (χ0v) is 19.8. The summed E-state index contributed by atoms with van der Waals surface area (Å²) < 4.78 is 37.8. The molecular formula is C22H26N4O6S. The van der Waals surface area contributed by atoms with Crippen LogP contribution in [-0.2, 0) is 19.6 Å². The highest BCUT2D eigenvalue weighted by Gasteiger charge is 2.29. The van der Waals surface area contributed by atoms with E-state index in [1.807, 2.05) is 0 Å². The van der Waals surface area contributed by atoms with Gasteiger partial charge in [0.15, 0.2) is 5.76 Å². The maximum absolute atomic E-state index is 12.9. The maximum atomic E-state index is 12.9. The van der Waals surface area contributed by atoms with Crippen molar-refractivity contribution in [3.05, 3.63) is 53.4 Å². The standard InChI is InChI=1S/C22H26N4O6S/c1-6-31-21(28)18-13(2)23-14-9-7-8-10-15(14)24-19(18)25-20(27)16-11-12-17(32-16)33(29,30)26-22(3,4)5/h7-12,23,26H,6H2,1-5H3,(H,24,25,27). The molecule has 0 spiro atoms. The Bertz CT molecular complexity index is 1250. The molecule has 0 aliphatic carbocycles. The highest BCUT2D eigenvalue weighted by atomic mass is 32.2. The topological polar surface area (TPSA) is 139 Å². The fraction of sp³-hybridized carbons (Fsp3) is 0.318. The molecule has 1 aliphatic heterocycles. The monoisotopic (exact) mass is 474 g/mol. The van der Waals surface area contributed by atoms with Crippen molar-refractivity contribution in [3.63, 3.8) is 0 Å². The van der Waals surface area contributed by atoms with Crippen molar-refractivity contribution in [2.45, 2.75) is 45.2 Å². The summed E-state index contributed by atoms with van der Waals surface area (Å²) in [5, 5.41) is 5.25. The lowest BCUT2D eigenvalue weighted by atomic mass is 10.1. The second-order valence-corrected chi connectivity index (χ2v) is 9.86. The molecule has 176 valence electrons. The van der Waals surface area contributed by atoms with Crippen LogP contribution in [0.15, 0.2) is 62.2 Å². The van der Waals surface area contributed by atoms with Crippen LogP contribution in [0.4, 0.5) is 11.4 Å². The number of nitrogens with one attached hydrogen (secondary N) is 3. The number of benzene rings is 1. The number of aliphatic imine (C=N–C) groups is 1. The Balaban J connectivity index is 1.95. The SMILES string of the molecule is CCOC(=O)C1=C(C)Nc2ccccc2N=C1NC(=O)c1ccc(S(=O)(=O)NC(C)(C)C)o1. The van der Waals surface area contributed by atoms with E-state index in [1.165, 1.54) is 12.1 Å². The number of hydrogen-bond donors (Lipinski definition) is 3. The largest absolute Gasteiger partial charge is 0.462 e. The number of allylic oxidation sites excluding steroid dienone is 1. The fourth-order valence-electron chi connectivity index (χ4n) is 3.05. The molecule has 33 heavy (non-hydrogen) atoms. The molecule has 0 saturated heterocycles. The van der Waals surface area contributed by atoms with E-state index in [0.29, 0.717) is 17.1 Å². The number of para-hydroxylation sites is 2. The van der Waals surface area contributed by atoms with E-state index >= 15 is 0 Å². The number of rotatable bonds is 5. The maximum Gasteiger partial charge on any atom is 0.343 e. The molecule has 1 aliphatic rings. The van der Waals surface area contributed by atoms with Crippen molar-refractivity contribution >= 4 is 39.1 Å². The van der Waals surface area contributed by atoms with Crippen LogP contribution in [-0.4, -0.2) is 38.3 Å². The van der Waals surface area contributed by atoms with Gasteiger partial charge in [-0.15, -0.1) is 0 Å². The number of carbonyl (C=O) groups excluding carboxylic acids is 2. The second-order valence-electron chi connectivity index (χ2n) is 8.25. The molecular weight excluding hydrogens is 448 g/mol. The van der Waals surface area contributed by atoms with Gasteiger partial charge in [0.2, 0.25) is 5.09 Å². The van der Waals surface area contributed by atoms with E-state index in [4.69, 9.17) is 9.15 Å². The van der Waals surface area contributed by atoms with Crippen LogP contribution in [0.25, 0.3) is 0 Å². The van der Waals surface area contributed by atoms with Crippen molar-refractivity contribution < 1.29 is 27.2 Å². The predicted octanol–water partition coefficient (Wildman–Crippen LogP) is 3.08. The Hall–Kier alpha value is -3.44. The van der Waals surface area contributed by atoms with Crippen LogP contribution in [0, 0.1) is 0 Å². The van der Waals surface area contributed by atoms with E-state index in [1.54, 1.807) is 58.9 Å². The summed E-state index contributed by atoms with van der Waals surface area (Å²) in [5.74, 6) is -1.77. The summed E-state index contributed by atoms with van der Waals surface area (Å²) in [5.41, 5.74) is 0.856. The molecule has 1 amide bonds. The highest BCUT2D eigenvalue weighted by Crippen LogP contribution is 2.30. The quantitative estimate of drug-likeness (QED) is 0.566. The molecule has 11 heteroatoms. The van der Waals surface area contributed by atoms with E-state index in [-0.39, 0.29) is 23.8 Å². The first-order chi connectivity index (χ1) is 15.4. The molecule has 0 saturated carbocycles. The normalized spacial score (nSPS) is 14.0. The molecule has 0 bridgehead atoms. The van der Waals surface area contributed by atoms with Crippen LogP contribution in [0.3, 0.4) is 0 Å². The summed E-state index contributed by atoms with van der Waals surface area (Å²) in [6, 6.07) is 9.48. The molecule has 2 aromatic rings. The van der Waals surface area contributed by atoms with Crippen LogP contribution in [0.2, 0.25) is 0 Å². The van der Waals surface area contributed by atoms with Gasteiger partial charge in [0.05, 0.1) is 18.0 Å². The molecule has 0 fully saturated rings. The lowest BCUT2D eigenvalue weighted by Gasteiger charge is -2.19. The average Bonchev–Trinajstić information content (AvgIpc) is 3.14. The molecule has 2 heterocycles. The Morgan fingerprint density at radius 2 is 1.85 bits per heavy atom. The van der Waals surface area contributed by atoms with Crippen LogP contribution >= 0.6 is 0 Å². The van der Waals surface area contributed by atoms with Crippen LogP contribution in [0.1, 0.15) is 45.2 Å². The minimum absolute atomic E-state index is 0.0372. The Labute approximate surface area is 192 Å². The van der Waals surface area contributed by atoms with Crippen molar-refractivity contribution in [2.75, 3.05) is 11.9 Å². The number of carbonyl (C=O) groups is 2. The Kier molecular flexibility index (Phi) is 6.75. The first-order valence-corrected chi connectivity index (χ1v) is 11.7. The van der Waals surface area contributed by atoms with E-state index < -0.39 is 32.5 Å². The Morgan fingerprint density at radius 3 is 2.52 bits per heavy atom. The van der Waals surface area contributed by atoms with Crippen molar-refractivity contribution in [1.82, 2.24) is 10.0 Å². The number of sulfonamides is 1. The zero-order valence-electron chi connectivity index (χ0n) is 19.0. The molecule has 3 rings (SSSR count). The van der Waals surface area contributed by atoms with E-state index in [0.717, 1.165) is 0 Å². The minimum atomic E-state index is -3.97. The number of amidine groups is 1. The van der Waals surface area contributed by atoms with Crippen molar-refractivity contribution in [1.29, 1.82) is 0 Å². The molecule has 0 atom stereocenters. The third kappa shape index (κ3) is 5.68. The van der Waals surface area contributed by atoms with Gasteiger partial charge in [0.25, 0.3) is 15.9 Å². The van der Waals surface area contributed by atoms with Crippen molar-refractivity contribution in [2.24, 2.45) is 4.99 Å². The predicted molar refractivity (Wildman–Crippen MR) is 123 cm³/mol. The van der Waals surface area contributed by atoms with Crippen LogP contribution < -0.4 is 15.4 Å². The number of hydrogen-bond acceptors (Lipinski definition) is 8. The smallest absolute Gasteiger partial charge is 0.343 e. The van der Waals surface area contributed by atoms with Gasteiger partial charge >= 0.3 is 5.97 Å². The number of nitrogens with zero attached hydrogens (tertiary/aromatic N) is 1. The number of esters is 1. The van der Waals surface area contributed by atoms with E-state index in [9.17, 15) is 18.0 Å². The average molecular weight is 475 g/mol. The van der Waals surface area contributed by atoms with Crippen molar-refractivity contribution in [3.8, 4) is 0 Å². The minimum Gasteiger partial charge on any atom is -0.462 e. The number of anilines is 1. The molecule has 0 radical (unpaired) electrons. The highest BCUT2D eigenvalue weighted by molar-refractivity contribution is 7.89.